The molecule has 152 valence electrons. The van der Waals surface area contributed by atoms with E-state index < -0.39 is 11.2 Å². The number of nitrogens with zero attached hydrogens (tertiary/aromatic N) is 1. The van der Waals surface area contributed by atoms with E-state index in [0.717, 1.165) is 17.5 Å². The third kappa shape index (κ3) is 5.20. The Labute approximate surface area is 168 Å². The molecule has 7 heteroatoms. The van der Waals surface area contributed by atoms with Gasteiger partial charge in [0.1, 0.15) is 0 Å². The van der Waals surface area contributed by atoms with Gasteiger partial charge in [-0.05, 0) is 29.7 Å². The van der Waals surface area contributed by atoms with Crippen molar-refractivity contribution < 1.29 is 9.53 Å². The van der Waals surface area contributed by atoms with Crippen LogP contribution in [-0.4, -0.2) is 22.1 Å². The standard InChI is InChI=1S/C22H25N3O4/c1-2-13-29-15-17-8-4-3-7-16(17)14-23-20(26)11-12-25-19-10-6-5-9-18(19)21(27)24-22(25)28/h3-10H,2,11-15H2,1H3,(H,23,26)(H,24,27,28). The summed E-state index contributed by atoms with van der Waals surface area (Å²) in [5.41, 5.74) is 1.63. The Morgan fingerprint density at radius 1 is 1.07 bits per heavy atom. The normalized spacial score (nSPS) is 10.9. The number of aromatic nitrogens is 2. The van der Waals surface area contributed by atoms with Crippen LogP contribution in [0.4, 0.5) is 0 Å². The van der Waals surface area contributed by atoms with Gasteiger partial charge in [-0.3, -0.25) is 19.1 Å². The second-order valence-corrected chi connectivity index (χ2v) is 6.78. The molecule has 0 saturated heterocycles. The van der Waals surface area contributed by atoms with Crippen molar-refractivity contribution >= 4 is 16.8 Å². The monoisotopic (exact) mass is 395 g/mol. The van der Waals surface area contributed by atoms with Gasteiger partial charge < -0.3 is 10.1 Å². The Morgan fingerprint density at radius 2 is 1.79 bits per heavy atom. The van der Waals surface area contributed by atoms with Gasteiger partial charge in [-0.2, -0.15) is 0 Å². The van der Waals surface area contributed by atoms with E-state index in [1.54, 1.807) is 24.3 Å². The first-order valence-corrected chi connectivity index (χ1v) is 9.73. The average Bonchev–Trinajstić information content (AvgIpc) is 2.73. The van der Waals surface area contributed by atoms with E-state index in [0.29, 0.717) is 30.7 Å². The SMILES string of the molecule is CCCOCc1ccccc1CNC(=O)CCn1c(=O)[nH]c(=O)c2ccccc21. The molecule has 0 spiro atoms. The molecule has 0 aliphatic heterocycles. The number of para-hydroxylation sites is 1. The number of hydrogen-bond donors (Lipinski definition) is 2. The summed E-state index contributed by atoms with van der Waals surface area (Å²) in [6.45, 7) is 3.85. The summed E-state index contributed by atoms with van der Waals surface area (Å²) < 4.78 is 7.03. The molecule has 7 nitrogen and oxygen atoms in total. The molecule has 0 bridgehead atoms. The number of carbonyl (C=O) groups excluding carboxylic acids is 1. The van der Waals surface area contributed by atoms with Gasteiger partial charge in [0, 0.05) is 26.1 Å². The number of fused-ring (bicyclic) bond motifs is 1. The minimum absolute atomic E-state index is 0.129. The largest absolute Gasteiger partial charge is 0.377 e. The molecule has 0 saturated carbocycles. The van der Waals surface area contributed by atoms with Gasteiger partial charge in [0.2, 0.25) is 5.91 Å². The topological polar surface area (TPSA) is 93.2 Å². The smallest absolute Gasteiger partial charge is 0.328 e. The molecule has 0 aliphatic rings. The Hall–Kier alpha value is -3.19. The van der Waals surface area contributed by atoms with Crippen molar-refractivity contribution in [3.8, 4) is 0 Å². The number of aromatic amines is 1. The lowest BCUT2D eigenvalue weighted by molar-refractivity contribution is -0.121. The van der Waals surface area contributed by atoms with Crippen LogP contribution in [0.2, 0.25) is 0 Å². The Bertz CT molecular complexity index is 1100. The highest BCUT2D eigenvalue weighted by molar-refractivity contribution is 5.78. The summed E-state index contributed by atoms with van der Waals surface area (Å²) in [7, 11) is 0. The minimum atomic E-state index is -0.514. The highest BCUT2D eigenvalue weighted by Crippen LogP contribution is 2.11. The van der Waals surface area contributed by atoms with Crippen molar-refractivity contribution in [2.45, 2.75) is 39.5 Å². The molecule has 0 radical (unpaired) electrons. The van der Waals surface area contributed by atoms with Crippen molar-refractivity contribution in [1.82, 2.24) is 14.9 Å². The number of benzene rings is 2. The maximum atomic E-state index is 12.3. The van der Waals surface area contributed by atoms with Crippen molar-refractivity contribution in [3.63, 3.8) is 0 Å². The van der Waals surface area contributed by atoms with E-state index in [1.165, 1.54) is 4.57 Å². The second kappa shape index (κ2) is 9.84. The van der Waals surface area contributed by atoms with Crippen LogP contribution in [-0.2, 0) is 29.2 Å². The molecule has 0 atom stereocenters. The number of aryl methyl sites for hydroxylation is 1. The lowest BCUT2D eigenvalue weighted by atomic mass is 10.1. The number of carbonyl (C=O) groups is 1. The second-order valence-electron chi connectivity index (χ2n) is 6.78. The minimum Gasteiger partial charge on any atom is -0.377 e. The summed E-state index contributed by atoms with van der Waals surface area (Å²) in [6.07, 6.45) is 1.09. The van der Waals surface area contributed by atoms with E-state index >= 15 is 0 Å². The van der Waals surface area contributed by atoms with Crippen LogP contribution in [0.5, 0.6) is 0 Å². The Kier molecular flexibility index (Phi) is 6.97. The molecule has 2 aromatic carbocycles. The fraction of sp³-hybridized carbons (Fsp3) is 0.318. The zero-order chi connectivity index (χ0) is 20.6. The number of H-pyrrole nitrogens is 1. The first-order valence-electron chi connectivity index (χ1n) is 9.73. The highest BCUT2D eigenvalue weighted by Gasteiger charge is 2.10. The number of ether oxygens (including phenoxy) is 1. The molecule has 0 fully saturated rings. The molecular weight excluding hydrogens is 370 g/mol. The number of amides is 1. The Balaban J connectivity index is 1.63. The molecule has 0 unspecified atom stereocenters. The summed E-state index contributed by atoms with van der Waals surface area (Å²) in [5.74, 6) is -0.170. The van der Waals surface area contributed by atoms with Crippen LogP contribution in [0.3, 0.4) is 0 Å². The quantitative estimate of drug-likeness (QED) is 0.544. The fourth-order valence-corrected chi connectivity index (χ4v) is 3.16. The van der Waals surface area contributed by atoms with Gasteiger partial charge >= 0.3 is 5.69 Å². The molecule has 3 aromatic rings. The summed E-state index contributed by atoms with van der Waals surface area (Å²) in [5, 5.41) is 3.32. The fourth-order valence-electron chi connectivity index (χ4n) is 3.16. The number of hydrogen-bond acceptors (Lipinski definition) is 4. The van der Waals surface area contributed by atoms with Crippen LogP contribution >= 0.6 is 0 Å². The van der Waals surface area contributed by atoms with Crippen LogP contribution in [0.1, 0.15) is 30.9 Å². The third-order valence-electron chi connectivity index (χ3n) is 4.67. The molecule has 3 rings (SSSR count). The molecular formula is C22H25N3O4. The van der Waals surface area contributed by atoms with Crippen LogP contribution in [0.15, 0.2) is 58.1 Å². The molecule has 29 heavy (non-hydrogen) atoms. The average molecular weight is 395 g/mol. The molecule has 1 amide bonds. The maximum Gasteiger partial charge on any atom is 0.328 e. The van der Waals surface area contributed by atoms with E-state index in [2.05, 4.69) is 17.2 Å². The molecule has 1 aromatic heterocycles. The summed E-state index contributed by atoms with van der Waals surface area (Å²) >= 11 is 0. The van der Waals surface area contributed by atoms with Gasteiger partial charge in [0.15, 0.2) is 0 Å². The van der Waals surface area contributed by atoms with E-state index in [-0.39, 0.29) is 18.9 Å². The van der Waals surface area contributed by atoms with Gasteiger partial charge in [-0.15, -0.1) is 0 Å². The first-order chi connectivity index (χ1) is 14.1. The maximum absolute atomic E-state index is 12.3. The van der Waals surface area contributed by atoms with Gasteiger partial charge in [0.05, 0.1) is 17.5 Å². The molecule has 0 aliphatic carbocycles. The summed E-state index contributed by atoms with van der Waals surface area (Å²) in [4.78, 5) is 38.7. The summed E-state index contributed by atoms with van der Waals surface area (Å²) in [6, 6.07) is 14.7. The van der Waals surface area contributed by atoms with Gasteiger partial charge in [-0.1, -0.05) is 43.3 Å². The predicted molar refractivity (Wildman–Crippen MR) is 112 cm³/mol. The molecule has 2 N–H and O–H groups in total. The van der Waals surface area contributed by atoms with Crippen LogP contribution < -0.4 is 16.6 Å². The van der Waals surface area contributed by atoms with E-state index in [1.807, 2.05) is 24.3 Å². The zero-order valence-electron chi connectivity index (χ0n) is 16.4. The lowest BCUT2D eigenvalue weighted by Crippen LogP contribution is -2.32. The lowest BCUT2D eigenvalue weighted by Gasteiger charge is -2.12. The van der Waals surface area contributed by atoms with Crippen molar-refractivity contribution in [1.29, 1.82) is 0 Å². The van der Waals surface area contributed by atoms with Crippen LogP contribution in [0.25, 0.3) is 10.9 Å². The van der Waals surface area contributed by atoms with E-state index in [4.69, 9.17) is 4.74 Å². The van der Waals surface area contributed by atoms with Crippen molar-refractivity contribution in [2.24, 2.45) is 0 Å². The molecule has 1 heterocycles. The highest BCUT2D eigenvalue weighted by atomic mass is 16.5. The Morgan fingerprint density at radius 3 is 2.59 bits per heavy atom. The predicted octanol–water partition coefficient (Wildman–Crippen LogP) is 2.32. The third-order valence-corrected chi connectivity index (χ3v) is 4.67. The number of nitrogens with one attached hydrogen (secondary N) is 2. The first kappa shape index (κ1) is 20.5. The van der Waals surface area contributed by atoms with Crippen LogP contribution in [0, 0.1) is 0 Å². The van der Waals surface area contributed by atoms with E-state index in [9.17, 15) is 14.4 Å². The van der Waals surface area contributed by atoms with Gasteiger partial charge in [-0.25, -0.2) is 4.79 Å². The number of rotatable bonds is 9. The van der Waals surface area contributed by atoms with Crippen molar-refractivity contribution in [2.75, 3.05) is 6.61 Å². The van der Waals surface area contributed by atoms with Gasteiger partial charge in [0.25, 0.3) is 5.56 Å². The zero-order valence-corrected chi connectivity index (χ0v) is 16.4. The van der Waals surface area contributed by atoms with Crippen molar-refractivity contribution in [3.05, 3.63) is 80.5 Å².